The minimum Gasteiger partial charge on any atom is -0.438 e. The van der Waals surface area contributed by atoms with E-state index in [1.165, 1.54) is 7.11 Å². The third-order valence-electron chi connectivity index (χ3n) is 10.7. The summed E-state index contributed by atoms with van der Waals surface area (Å²) in [6.07, 6.45) is 6.35. The molecular weight excluding hydrogens is 408 g/mol. The number of fused-ring (bicyclic) bond motifs is 5. The fraction of sp³-hybridized carbons (Fsp3) is 0.962. The number of ether oxygens (including phenoxy) is 2. The summed E-state index contributed by atoms with van der Waals surface area (Å²) in [6.45, 7) is 6.82. The van der Waals surface area contributed by atoms with Crippen molar-refractivity contribution in [3.8, 4) is 0 Å². The van der Waals surface area contributed by atoms with Gasteiger partial charge in [-0.05, 0) is 97.7 Å². The van der Waals surface area contributed by atoms with Gasteiger partial charge in [0.15, 0.2) is 6.79 Å². The highest BCUT2D eigenvalue weighted by Crippen LogP contribution is 2.68. The number of aliphatic hydroxyl groups excluding tert-OH is 3. The van der Waals surface area contributed by atoms with Crippen molar-refractivity contribution < 1.29 is 29.6 Å². The Balaban J connectivity index is 1.51. The van der Waals surface area contributed by atoms with Gasteiger partial charge in [0.25, 0.3) is 0 Å². The van der Waals surface area contributed by atoms with Crippen LogP contribution in [0.4, 0.5) is 0 Å². The summed E-state index contributed by atoms with van der Waals surface area (Å²) in [7, 11) is 1.50. The topological polar surface area (TPSA) is 96.2 Å². The highest BCUT2D eigenvalue weighted by Gasteiger charge is 2.65. The number of carbonyl (C=O) groups excluding carboxylic acids is 1. The van der Waals surface area contributed by atoms with Crippen molar-refractivity contribution in [3.63, 3.8) is 0 Å². The van der Waals surface area contributed by atoms with E-state index in [0.29, 0.717) is 36.0 Å². The number of hydrogen-bond acceptors (Lipinski definition) is 6. The molecule has 4 rings (SSSR count). The third kappa shape index (κ3) is 3.93. The number of methoxy groups -OCH3 is 1. The zero-order chi connectivity index (χ0) is 23.3. The van der Waals surface area contributed by atoms with Crippen LogP contribution in [-0.2, 0) is 14.3 Å². The Kier molecular flexibility index (Phi) is 7.00. The van der Waals surface area contributed by atoms with Gasteiger partial charge in [-0.2, -0.15) is 0 Å². The maximum absolute atomic E-state index is 12.0. The van der Waals surface area contributed by atoms with Gasteiger partial charge in [0, 0.05) is 13.5 Å². The van der Waals surface area contributed by atoms with E-state index < -0.39 is 6.10 Å². The fourth-order valence-corrected chi connectivity index (χ4v) is 8.88. The molecule has 11 unspecified atom stereocenters. The monoisotopic (exact) mass is 452 g/mol. The average Bonchev–Trinajstić information content (AvgIpc) is 3.11. The van der Waals surface area contributed by atoms with Gasteiger partial charge in [0.05, 0.1) is 18.3 Å². The Labute approximate surface area is 193 Å². The molecule has 4 fully saturated rings. The average molecular weight is 453 g/mol. The van der Waals surface area contributed by atoms with E-state index in [2.05, 4.69) is 20.8 Å². The predicted molar refractivity (Wildman–Crippen MR) is 120 cm³/mol. The van der Waals surface area contributed by atoms with Crippen molar-refractivity contribution in [2.24, 2.45) is 46.3 Å². The number of carbonyl (C=O) groups is 1. The van der Waals surface area contributed by atoms with Gasteiger partial charge < -0.3 is 24.8 Å². The highest BCUT2D eigenvalue weighted by molar-refractivity contribution is 5.69. The molecule has 0 aromatic heterocycles. The largest absolute Gasteiger partial charge is 0.438 e. The van der Waals surface area contributed by atoms with Gasteiger partial charge in [-0.15, -0.1) is 0 Å². The Morgan fingerprint density at radius 1 is 1.06 bits per heavy atom. The molecule has 11 atom stereocenters. The summed E-state index contributed by atoms with van der Waals surface area (Å²) in [6, 6.07) is 0. The molecule has 4 aliphatic rings. The zero-order valence-corrected chi connectivity index (χ0v) is 20.3. The highest BCUT2D eigenvalue weighted by atomic mass is 16.7. The predicted octanol–water partition coefficient (Wildman–Crippen LogP) is 3.51. The fourth-order valence-electron chi connectivity index (χ4n) is 8.88. The van der Waals surface area contributed by atoms with Crippen molar-refractivity contribution in [3.05, 3.63) is 0 Å². The first-order chi connectivity index (χ1) is 15.1. The molecule has 184 valence electrons. The first kappa shape index (κ1) is 24.4. The molecule has 0 amide bonds. The molecular formula is C26H44O6. The molecule has 0 aliphatic heterocycles. The van der Waals surface area contributed by atoms with Gasteiger partial charge in [-0.25, -0.2) is 0 Å². The first-order valence-electron chi connectivity index (χ1n) is 12.8. The summed E-state index contributed by atoms with van der Waals surface area (Å²) >= 11 is 0. The van der Waals surface area contributed by atoms with Crippen molar-refractivity contribution in [2.45, 2.75) is 96.9 Å². The second-order valence-electron chi connectivity index (χ2n) is 12.0. The van der Waals surface area contributed by atoms with Crippen molar-refractivity contribution in [1.82, 2.24) is 0 Å². The summed E-state index contributed by atoms with van der Waals surface area (Å²) in [4.78, 5) is 12.0. The molecule has 6 heteroatoms. The van der Waals surface area contributed by atoms with Crippen molar-refractivity contribution >= 4 is 5.97 Å². The SMILES string of the molecule is COCOC(=O)CCC(C)C1CCC2C3C(O)CC4CC(O)CCC4(C)C3CC(O)C12C. The Morgan fingerprint density at radius 3 is 2.53 bits per heavy atom. The van der Waals surface area contributed by atoms with E-state index >= 15 is 0 Å². The van der Waals surface area contributed by atoms with Crippen LogP contribution in [-0.4, -0.2) is 53.5 Å². The van der Waals surface area contributed by atoms with Gasteiger partial charge in [-0.1, -0.05) is 20.8 Å². The number of rotatable bonds is 6. The smallest absolute Gasteiger partial charge is 0.307 e. The number of aliphatic hydroxyl groups is 3. The lowest BCUT2D eigenvalue weighted by molar-refractivity contribution is -0.207. The van der Waals surface area contributed by atoms with E-state index in [1.807, 2.05) is 0 Å². The van der Waals surface area contributed by atoms with E-state index in [0.717, 1.165) is 51.4 Å². The normalized spacial score (nSPS) is 49.0. The molecule has 6 nitrogen and oxygen atoms in total. The van der Waals surface area contributed by atoms with Gasteiger partial charge in [-0.3, -0.25) is 4.79 Å². The Hall–Kier alpha value is -0.690. The van der Waals surface area contributed by atoms with Crippen LogP contribution in [0.2, 0.25) is 0 Å². The molecule has 32 heavy (non-hydrogen) atoms. The third-order valence-corrected chi connectivity index (χ3v) is 10.7. The standard InChI is InChI=1S/C26H44O6/c1-15(5-8-23(30)32-14-31-4)18-6-7-19-24-20(13-22(29)26(18,19)3)25(2)10-9-17(27)11-16(25)12-21(24)28/h15-22,24,27-29H,5-14H2,1-4H3. The maximum atomic E-state index is 12.0. The number of esters is 1. The van der Waals surface area contributed by atoms with Crippen LogP contribution in [0.25, 0.3) is 0 Å². The lowest BCUT2D eigenvalue weighted by atomic mass is 9.43. The molecule has 4 aliphatic carbocycles. The van der Waals surface area contributed by atoms with E-state index in [4.69, 9.17) is 9.47 Å². The minimum atomic E-state index is -0.390. The van der Waals surface area contributed by atoms with Gasteiger partial charge >= 0.3 is 5.97 Å². The summed E-state index contributed by atoms with van der Waals surface area (Å²) in [5, 5.41) is 33.2. The molecule has 0 heterocycles. The first-order valence-corrected chi connectivity index (χ1v) is 12.8. The Morgan fingerprint density at radius 2 is 1.81 bits per heavy atom. The molecule has 4 saturated carbocycles. The second-order valence-corrected chi connectivity index (χ2v) is 12.0. The summed E-state index contributed by atoms with van der Waals surface area (Å²) in [5.41, 5.74) is -0.129. The second kappa shape index (κ2) is 9.16. The van der Waals surface area contributed by atoms with Crippen LogP contribution in [0.3, 0.4) is 0 Å². The van der Waals surface area contributed by atoms with Crippen LogP contribution in [0.15, 0.2) is 0 Å². The molecule has 0 bridgehead atoms. The zero-order valence-electron chi connectivity index (χ0n) is 20.3. The van der Waals surface area contributed by atoms with E-state index in [-0.39, 0.29) is 41.7 Å². The van der Waals surface area contributed by atoms with Crippen LogP contribution >= 0.6 is 0 Å². The maximum Gasteiger partial charge on any atom is 0.307 e. The van der Waals surface area contributed by atoms with Crippen molar-refractivity contribution in [1.29, 1.82) is 0 Å². The molecule has 0 aromatic carbocycles. The molecule has 3 N–H and O–H groups in total. The quantitative estimate of drug-likeness (QED) is 0.422. The molecule has 0 spiro atoms. The van der Waals surface area contributed by atoms with Crippen LogP contribution < -0.4 is 0 Å². The van der Waals surface area contributed by atoms with E-state index in [9.17, 15) is 20.1 Å². The Bertz CT molecular complexity index is 683. The number of hydrogen-bond donors (Lipinski definition) is 3. The van der Waals surface area contributed by atoms with Crippen LogP contribution in [0.1, 0.15) is 78.6 Å². The summed E-state index contributed by atoms with van der Waals surface area (Å²) in [5.74, 6) is 1.60. The van der Waals surface area contributed by atoms with E-state index in [1.54, 1.807) is 0 Å². The van der Waals surface area contributed by atoms with Crippen molar-refractivity contribution in [2.75, 3.05) is 13.9 Å². The van der Waals surface area contributed by atoms with Crippen LogP contribution in [0, 0.1) is 46.3 Å². The van der Waals surface area contributed by atoms with Crippen LogP contribution in [0.5, 0.6) is 0 Å². The lowest BCUT2D eigenvalue weighted by Crippen LogP contribution is -2.62. The van der Waals surface area contributed by atoms with Gasteiger partial charge in [0.2, 0.25) is 0 Å². The lowest BCUT2D eigenvalue weighted by Gasteiger charge is -2.63. The minimum absolute atomic E-state index is 0.00705. The summed E-state index contributed by atoms with van der Waals surface area (Å²) < 4.78 is 9.87. The molecule has 0 aromatic rings. The van der Waals surface area contributed by atoms with Gasteiger partial charge in [0.1, 0.15) is 0 Å². The molecule has 0 radical (unpaired) electrons. The molecule has 0 saturated heterocycles.